The summed E-state index contributed by atoms with van der Waals surface area (Å²) in [6, 6.07) is 13.8. The number of para-hydroxylation sites is 2. The van der Waals surface area contributed by atoms with Crippen LogP contribution < -0.4 is 11.1 Å². The number of halogens is 1. The normalized spacial score (nSPS) is 11.1. The van der Waals surface area contributed by atoms with Gasteiger partial charge in [-0.1, -0.05) is 30.3 Å². The van der Waals surface area contributed by atoms with Gasteiger partial charge < -0.3 is 9.73 Å². The van der Waals surface area contributed by atoms with Crippen LogP contribution >= 0.6 is 11.3 Å². The third kappa shape index (κ3) is 4.33. The second-order valence-corrected chi connectivity index (χ2v) is 8.02. The Labute approximate surface area is 176 Å². The second kappa shape index (κ2) is 8.62. The fourth-order valence-electron chi connectivity index (χ4n) is 3.27. The van der Waals surface area contributed by atoms with Crippen LogP contribution in [0.15, 0.2) is 57.7 Å². The Morgan fingerprint density at radius 1 is 1.20 bits per heavy atom. The Hall–Kier alpha value is -3.26. The van der Waals surface area contributed by atoms with Crippen LogP contribution in [0.1, 0.15) is 29.0 Å². The number of fused-ring (bicyclic) bond motifs is 1. The van der Waals surface area contributed by atoms with E-state index in [-0.39, 0.29) is 18.1 Å². The highest BCUT2D eigenvalue weighted by Gasteiger charge is 2.13. The molecule has 0 bridgehead atoms. The zero-order valence-electron chi connectivity index (χ0n) is 16.4. The van der Waals surface area contributed by atoms with Gasteiger partial charge in [-0.15, -0.1) is 11.3 Å². The fraction of sp³-hybridized carbons (Fsp3) is 0.227. The van der Waals surface area contributed by atoms with E-state index in [4.69, 9.17) is 4.42 Å². The van der Waals surface area contributed by atoms with Crippen LogP contribution in [0.2, 0.25) is 0 Å². The molecule has 0 radical (unpaired) electrons. The molecule has 2 heterocycles. The average molecular weight is 425 g/mol. The Morgan fingerprint density at radius 3 is 2.80 bits per heavy atom. The number of nitrogens with zero attached hydrogens (tertiary/aromatic N) is 2. The lowest BCUT2D eigenvalue weighted by Gasteiger charge is -2.03. The second-order valence-electron chi connectivity index (χ2n) is 6.93. The number of anilines is 1. The van der Waals surface area contributed by atoms with E-state index < -0.39 is 5.76 Å². The first-order valence-electron chi connectivity index (χ1n) is 9.59. The predicted octanol–water partition coefficient (Wildman–Crippen LogP) is 4.51. The molecular weight excluding hydrogens is 405 g/mol. The summed E-state index contributed by atoms with van der Waals surface area (Å²) in [6.45, 7) is 2.23. The summed E-state index contributed by atoms with van der Waals surface area (Å²) >= 11 is 1.35. The molecule has 4 aromatic rings. The van der Waals surface area contributed by atoms with Gasteiger partial charge in [-0.2, -0.15) is 0 Å². The number of aromatic nitrogens is 2. The first kappa shape index (κ1) is 20.0. The van der Waals surface area contributed by atoms with E-state index in [1.54, 1.807) is 30.3 Å². The highest BCUT2D eigenvalue weighted by Crippen LogP contribution is 2.26. The molecule has 2 aromatic heterocycles. The number of aryl methyl sites for hydroxylation is 2. The van der Waals surface area contributed by atoms with Gasteiger partial charge in [-0.05, 0) is 37.1 Å². The van der Waals surface area contributed by atoms with E-state index in [0.29, 0.717) is 35.7 Å². The van der Waals surface area contributed by atoms with Crippen molar-refractivity contribution in [1.82, 2.24) is 9.55 Å². The molecule has 6 nitrogen and oxygen atoms in total. The van der Waals surface area contributed by atoms with Gasteiger partial charge in [-0.25, -0.2) is 14.2 Å². The van der Waals surface area contributed by atoms with E-state index in [0.717, 1.165) is 16.1 Å². The topological polar surface area (TPSA) is 77.1 Å². The smallest absolute Gasteiger partial charge is 0.408 e. The number of carbonyl (C=O) groups is 1. The average Bonchev–Trinajstić information content (AvgIpc) is 3.22. The van der Waals surface area contributed by atoms with Gasteiger partial charge in [0.25, 0.3) is 0 Å². The first-order valence-corrected chi connectivity index (χ1v) is 10.4. The molecule has 1 amide bonds. The molecule has 0 saturated carbocycles. The summed E-state index contributed by atoms with van der Waals surface area (Å²) in [5, 5.41) is 3.29. The van der Waals surface area contributed by atoms with Crippen LogP contribution in [-0.2, 0) is 17.8 Å². The standard InChI is InChI=1S/C22H20FN3O3S/c1-14-19(13-15-7-2-3-8-16(15)23)30-21(24-14)25-20(27)11-6-12-26-17-9-4-5-10-18(17)29-22(26)28/h2-5,7-10H,6,11-13H2,1H3,(H,24,25,27). The van der Waals surface area contributed by atoms with Crippen molar-refractivity contribution < 1.29 is 13.6 Å². The predicted molar refractivity (Wildman–Crippen MR) is 114 cm³/mol. The van der Waals surface area contributed by atoms with Crippen LogP contribution in [0.25, 0.3) is 11.1 Å². The lowest BCUT2D eigenvalue weighted by molar-refractivity contribution is -0.116. The Kier molecular flexibility index (Phi) is 5.76. The zero-order valence-corrected chi connectivity index (χ0v) is 17.2. The van der Waals surface area contributed by atoms with Gasteiger partial charge in [0.05, 0.1) is 11.2 Å². The largest absolute Gasteiger partial charge is 0.419 e. The molecule has 0 aliphatic heterocycles. The number of oxazole rings is 1. The van der Waals surface area contributed by atoms with Gasteiger partial charge in [0.2, 0.25) is 5.91 Å². The molecule has 30 heavy (non-hydrogen) atoms. The molecule has 0 saturated heterocycles. The molecule has 0 atom stereocenters. The number of hydrogen-bond donors (Lipinski definition) is 1. The van der Waals surface area contributed by atoms with Crippen molar-refractivity contribution in [3.63, 3.8) is 0 Å². The lowest BCUT2D eigenvalue weighted by Crippen LogP contribution is -2.17. The van der Waals surface area contributed by atoms with Crippen molar-refractivity contribution in [1.29, 1.82) is 0 Å². The van der Waals surface area contributed by atoms with Gasteiger partial charge in [0.15, 0.2) is 10.7 Å². The SMILES string of the molecule is Cc1nc(NC(=O)CCCn2c(=O)oc3ccccc32)sc1Cc1ccccc1F. The Bertz CT molecular complexity index is 1260. The number of benzene rings is 2. The minimum atomic E-state index is -0.426. The van der Waals surface area contributed by atoms with E-state index in [1.807, 2.05) is 19.1 Å². The highest BCUT2D eigenvalue weighted by molar-refractivity contribution is 7.15. The molecule has 0 fully saturated rings. The van der Waals surface area contributed by atoms with Crippen LogP contribution in [-0.4, -0.2) is 15.5 Å². The summed E-state index contributed by atoms with van der Waals surface area (Å²) in [5.41, 5.74) is 2.62. The maximum Gasteiger partial charge on any atom is 0.419 e. The molecule has 0 unspecified atom stereocenters. The number of amides is 1. The fourth-order valence-corrected chi connectivity index (χ4v) is 4.27. The number of thiazole rings is 1. The van der Waals surface area contributed by atoms with Crippen LogP contribution in [0, 0.1) is 12.7 Å². The minimum Gasteiger partial charge on any atom is -0.408 e. The Balaban J connectivity index is 1.35. The monoisotopic (exact) mass is 425 g/mol. The number of carbonyl (C=O) groups excluding carboxylic acids is 1. The molecule has 154 valence electrons. The molecule has 1 N–H and O–H groups in total. The van der Waals surface area contributed by atoms with Crippen molar-refractivity contribution >= 4 is 33.5 Å². The number of rotatable bonds is 7. The maximum absolute atomic E-state index is 13.9. The number of hydrogen-bond acceptors (Lipinski definition) is 5. The third-order valence-electron chi connectivity index (χ3n) is 4.81. The molecule has 0 spiro atoms. The molecule has 0 aliphatic carbocycles. The lowest BCUT2D eigenvalue weighted by atomic mass is 10.1. The van der Waals surface area contributed by atoms with E-state index in [1.165, 1.54) is 22.0 Å². The maximum atomic E-state index is 13.9. The summed E-state index contributed by atoms with van der Waals surface area (Å²) in [5.74, 6) is -0.857. The summed E-state index contributed by atoms with van der Waals surface area (Å²) < 4.78 is 20.6. The van der Waals surface area contributed by atoms with Gasteiger partial charge in [0.1, 0.15) is 5.82 Å². The van der Waals surface area contributed by atoms with Crippen LogP contribution in [0.5, 0.6) is 0 Å². The first-order chi connectivity index (χ1) is 14.5. The van der Waals surface area contributed by atoms with Gasteiger partial charge >= 0.3 is 5.76 Å². The molecule has 2 aromatic carbocycles. The van der Waals surface area contributed by atoms with Crippen LogP contribution in [0.4, 0.5) is 9.52 Å². The van der Waals surface area contributed by atoms with Gasteiger partial charge in [-0.3, -0.25) is 9.36 Å². The van der Waals surface area contributed by atoms with E-state index in [2.05, 4.69) is 10.3 Å². The van der Waals surface area contributed by atoms with Crippen molar-refractivity contribution in [2.24, 2.45) is 0 Å². The third-order valence-corrected chi connectivity index (χ3v) is 5.88. The summed E-state index contributed by atoms with van der Waals surface area (Å²) in [4.78, 5) is 29.6. The molecule has 8 heteroatoms. The van der Waals surface area contributed by atoms with Crippen molar-refractivity contribution in [3.05, 3.63) is 81.0 Å². The van der Waals surface area contributed by atoms with Crippen molar-refractivity contribution in [2.75, 3.05) is 5.32 Å². The van der Waals surface area contributed by atoms with Crippen molar-refractivity contribution in [2.45, 2.75) is 32.7 Å². The number of nitrogens with one attached hydrogen (secondary N) is 1. The Morgan fingerprint density at radius 2 is 1.97 bits per heavy atom. The summed E-state index contributed by atoms with van der Waals surface area (Å²) in [6.07, 6.45) is 1.16. The minimum absolute atomic E-state index is 0.179. The van der Waals surface area contributed by atoms with Crippen molar-refractivity contribution in [3.8, 4) is 0 Å². The zero-order chi connectivity index (χ0) is 21.1. The quantitative estimate of drug-likeness (QED) is 0.473. The summed E-state index contributed by atoms with van der Waals surface area (Å²) in [7, 11) is 0. The molecule has 4 rings (SSSR count). The van der Waals surface area contributed by atoms with Gasteiger partial charge in [0, 0.05) is 24.3 Å². The molecular formula is C22H20FN3O3S. The van der Waals surface area contributed by atoms with E-state index >= 15 is 0 Å². The molecule has 0 aliphatic rings. The van der Waals surface area contributed by atoms with Crippen LogP contribution in [0.3, 0.4) is 0 Å². The van der Waals surface area contributed by atoms with E-state index in [9.17, 15) is 14.0 Å². The highest BCUT2D eigenvalue weighted by atomic mass is 32.1.